The van der Waals surface area contributed by atoms with Gasteiger partial charge in [0.15, 0.2) is 5.92 Å². The smallest absolute Gasteiger partial charge is 0.392 e. The second-order valence-corrected chi connectivity index (χ2v) is 4.45. The first-order valence-electron chi connectivity index (χ1n) is 5.27. The van der Waals surface area contributed by atoms with Crippen molar-refractivity contribution in [1.82, 2.24) is 0 Å². The summed E-state index contributed by atoms with van der Waals surface area (Å²) >= 11 is 0. The van der Waals surface area contributed by atoms with Gasteiger partial charge in [0.1, 0.15) is 0 Å². The molecule has 0 fully saturated rings. The van der Waals surface area contributed by atoms with Crippen LogP contribution in [0, 0.1) is 11.8 Å². The molecule has 0 saturated heterocycles. The summed E-state index contributed by atoms with van der Waals surface area (Å²) in [5.74, 6) is -3.47. The van der Waals surface area contributed by atoms with Crippen molar-refractivity contribution < 1.29 is 31.4 Å². The summed E-state index contributed by atoms with van der Waals surface area (Å²) in [7, 11) is 0. The molecule has 0 heterocycles. The van der Waals surface area contributed by atoms with Crippen molar-refractivity contribution in [3.8, 4) is 0 Å². The molecule has 0 bridgehead atoms. The monoisotopic (exact) mass is 266 g/mol. The van der Waals surface area contributed by atoms with Gasteiger partial charge in [0.25, 0.3) is 0 Å². The zero-order chi connectivity index (χ0) is 13.9. The van der Waals surface area contributed by atoms with Crippen LogP contribution in [0.1, 0.15) is 33.1 Å². The Bertz CT molecular complexity index is 206. The van der Waals surface area contributed by atoms with E-state index in [1.807, 2.05) is 0 Å². The molecule has 0 aliphatic carbocycles. The first kappa shape index (κ1) is 16.5. The van der Waals surface area contributed by atoms with E-state index < -0.39 is 30.8 Å². The lowest BCUT2D eigenvalue weighted by Crippen LogP contribution is -2.44. The van der Waals surface area contributed by atoms with Crippen molar-refractivity contribution in [3.63, 3.8) is 0 Å². The van der Waals surface area contributed by atoms with E-state index in [0.717, 1.165) is 0 Å². The summed E-state index contributed by atoms with van der Waals surface area (Å²) in [6.07, 6.45) is -13.2. The Kier molecular flexibility index (Phi) is 5.77. The zero-order valence-electron chi connectivity index (χ0n) is 9.57. The van der Waals surface area contributed by atoms with Gasteiger partial charge in [-0.15, -0.1) is 0 Å². The molecule has 0 saturated carbocycles. The van der Waals surface area contributed by atoms with Crippen molar-refractivity contribution in [1.29, 1.82) is 0 Å². The van der Waals surface area contributed by atoms with E-state index >= 15 is 0 Å². The lowest BCUT2D eigenvalue weighted by atomic mass is 9.95. The van der Waals surface area contributed by atoms with Crippen LogP contribution in [0.2, 0.25) is 0 Å². The van der Waals surface area contributed by atoms with Crippen LogP contribution in [0.4, 0.5) is 26.3 Å². The number of alkyl halides is 6. The zero-order valence-corrected chi connectivity index (χ0v) is 9.57. The van der Waals surface area contributed by atoms with Gasteiger partial charge in [0.2, 0.25) is 0 Å². The van der Waals surface area contributed by atoms with Gasteiger partial charge in [-0.2, -0.15) is 26.3 Å². The van der Waals surface area contributed by atoms with Crippen LogP contribution in [0.25, 0.3) is 0 Å². The number of hydrogen-bond acceptors (Lipinski definition) is 1. The van der Waals surface area contributed by atoms with Crippen molar-refractivity contribution in [2.24, 2.45) is 11.8 Å². The summed E-state index contributed by atoms with van der Waals surface area (Å²) in [6.45, 7) is 3.61. The van der Waals surface area contributed by atoms with E-state index in [-0.39, 0.29) is 12.3 Å². The molecule has 0 aromatic carbocycles. The maximum absolute atomic E-state index is 12.2. The molecule has 1 unspecified atom stereocenters. The third-order valence-electron chi connectivity index (χ3n) is 2.37. The number of rotatable bonds is 5. The van der Waals surface area contributed by atoms with Crippen LogP contribution in [-0.4, -0.2) is 23.6 Å². The largest absolute Gasteiger partial charge is 0.403 e. The van der Waals surface area contributed by atoms with Gasteiger partial charge in [0, 0.05) is 0 Å². The second-order valence-electron chi connectivity index (χ2n) is 4.45. The molecule has 1 N–H and O–H groups in total. The lowest BCUT2D eigenvalue weighted by Gasteiger charge is -2.27. The fourth-order valence-corrected chi connectivity index (χ4v) is 1.52. The maximum Gasteiger partial charge on any atom is 0.403 e. The highest BCUT2D eigenvalue weighted by Gasteiger charge is 2.59. The fourth-order valence-electron chi connectivity index (χ4n) is 1.52. The normalized spacial score (nSPS) is 15.7. The van der Waals surface area contributed by atoms with Crippen LogP contribution in [0.15, 0.2) is 0 Å². The highest BCUT2D eigenvalue weighted by molar-refractivity contribution is 4.82. The van der Waals surface area contributed by atoms with E-state index in [4.69, 9.17) is 5.11 Å². The Morgan fingerprint density at radius 3 is 1.59 bits per heavy atom. The summed E-state index contributed by atoms with van der Waals surface area (Å²) in [4.78, 5) is 0. The molecule has 0 aliphatic heterocycles. The van der Waals surface area contributed by atoms with E-state index in [1.54, 1.807) is 13.8 Å². The average Bonchev–Trinajstić information content (AvgIpc) is 1.96. The van der Waals surface area contributed by atoms with Crippen LogP contribution in [0.5, 0.6) is 0 Å². The third-order valence-corrected chi connectivity index (χ3v) is 2.37. The lowest BCUT2D eigenvalue weighted by molar-refractivity contribution is -0.306. The minimum atomic E-state index is -5.46. The average molecular weight is 266 g/mol. The van der Waals surface area contributed by atoms with Crippen molar-refractivity contribution in [2.75, 3.05) is 0 Å². The number of aliphatic hydroxyl groups excluding tert-OH is 1. The van der Waals surface area contributed by atoms with Gasteiger partial charge >= 0.3 is 12.4 Å². The Morgan fingerprint density at radius 2 is 1.29 bits per heavy atom. The van der Waals surface area contributed by atoms with E-state index in [1.165, 1.54) is 0 Å². The first-order chi connectivity index (χ1) is 7.46. The standard InChI is InChI=1S/C10H16F6O/c1-6(2)4-3-5-7(17)8(9(11,12)13)10(14,15)16/h6-8,17H,3-5H2,1-2H3. The Morgan fingerprint density at radius 1 is 0.882 bits per heavy atom. The molecule has 0 aromatic rings. The van der Waals surface area contributed by atoms with Gasteiger partial charge in [-0.3, -0.25) is 0 Å². The highest BCUT2D eigenvalue weighted by Crippen LogP contribution is 2.42. The molecule has 0 amide bonds. The summed E-state index contributed by atoms with van der Waals surface area (Å²) < 4.78 is 73.0. The molecular weight excluding hydrogens is 250 g/mol. The first-order valence-corrected chi connectivity index (χ1v) is 5.27. The molecule has 7 heteroatoms. The van der Waals surface area contributed by atoms with E-state index in [9.17, 15) is 26.3 Å². The predicted octanol–water partition coefficient (Wildman–Crippen LogP) is 3.91. The van der Waals surface area contributed by atoms with Crippen molar-refractivity contribution in [3.05, 3.63) is 0 Å². The number of aliphatic hydroxyl groups is 1. The molecule has 0 radical (unpaired) electrons. The molecule has 0 spiro atoms. The van der Waals surface area contributed by atoms with Crippen LogP contribution >= 0.6 is 0 Å². The Hall–Kier alpha value is -0.460. The summed E-state index contributed by atoms with van der Waals surface area (Å²) in [5, 5.41) is 9.05. The van der Waals surface area contributed by atoms with E-state index in [0.29, 0.717) is 6.42 Å². The van der Waals surface area contributed by atoms with Gasteiger partial charge in [-0.1, -0.05) is 26.7 Å². The number of hydrogen-bond donors (Lipinski definition) is 1. The highest BCUT2D eigenvalue weighted by atomic mass is 19.4. The molecule has 0 aliphatic rings. The van der Waals surface area contributed by atoms with E-state index in [2.05, 4.69) is 0 Å². The second kappa shape index (κ2) is 5.93. The molecule has 17 heavy (non-hydrogen) atoms. The third kappa shape index (κ3) is 6.14. The molecule has 0 rings (SSSR count). The molecule has 0 aromatic heterocycles. The molecule has 104 valence electrons. The topological polar surface area (TPSA) is 20.2 Å². The fraction of sp³-hybridized carbons (Fsp3) is 1.00. The predicted molar refractivity (Wildman–Crippen MR) is 50.3 cm³/mol. The van der Waals surface area contributed by atoms with Gasteiger partial charge in [0.05, 0.1) is 6.10 Å². The minimum absolute atomic E-state index is 0.140. The summed E-state index contributed by atoms with van der Waals surface area (Å²) in [6, 6.07) is 0. The van der Waals surface area contributed by atoms with Crippen LogP contribution in [0.3, 0.4) is 0 Å². The maximum atomic E-state index is 12.2. The Balaban J connectivity index is 4.51. The minimum Gasteiger partial charge on any atom is -0.392 e. The molecular formula is C10H16F6O. The number of halogens is 6. The van der Waals surface area contributed by atoms with Crippen LogP contribution in [-0.2, 0) is 0 Å². The van der Waals surface area contributed by atoms with Crippen LogP contribution < -0.4 is 0 Å². The van der Waals surface area contributed by atoms with Crippen molar-refractivity contribution >= 4 is 0 Å². The Labute approximate surface area is 95.8 Å². The molecule has 1 atom stereocenters. The van der Waals surface area contributed by atoms with Gasteiger partial charge in [-0.05, 0) is 12.3 Å². The quantitative estimate of drug-likeness (QED) is 0.748. The SMILES string of the molecule is CC(C)CCCC(O)C(C(F)(F)F)C(F)(F)F. The van der Waals surface area contributed by atoms with Crippen molar-refractivity contribution in [2.45, 2.75) is 51.6 Å². The van der Waals surface area contributed by atoms with Gasteiger partial charge in [-0.25, -0.2) is 0 Å². The molecule has 1 nitrogen and oxygen atoms in total. The summed E-state index contributed by atoms with van der Waals surface area (Å²) in [5.41, 5.74) is 0. The van der Waals surface area contributed by atoms with Gasteiger partial charge < -0.3 is 5.11 Å².